The van der Waals surface area contributed by atoms with E-state index in [0.717, 1.165) is 29.0 Å². The molecule has 104 valence electrons. The Labute approximate surface area is 123 Å². The standard InChI is InChI=1S/C16H16ClNO2/c1-18-15-8-10-4-3-5-12(16(10)20-15)13-9-11(17)6-7-14(13)19-2/h3-7,9,15,18H,8H2,1-2H3. The average molecular weight is 290 g/mol. The Morgan fingerprint density at radius 2 is 2.10 bits per heavy atom. The summed E-state index contributed by atoms with van der Waals surface area (Å²) in [6, 6.07) is 11.8. The Kier molecular flexibility index (Phi) is 3.55. The first-order chi connectivity index (χ1) is 9.72. The van der Waals surface area contributed by atoms with Crippen molar-refractivity contribution < 1.29 is 9.47 Å². The van der Waals surface area contributed by atoms with E-state index in [9.17, 15) is 0 Å². The van der Waals surface area contributed by atoms with Crippen LogP contribution >= 0.6 is 11.6 Å². The van der Waals surface area contributed by atoms with Crippen molar-refractivity contribution in [1.29, 1.82) is 0 Å². The summed E-state index contributed by atoms with van der Waals surface area (Å²) in [6.07, 6.45) is 0.888. The van der Waals surface area contributed by atoms with E-state index >= 15 is 0 Å². The third-order valence-corrected chi connectivity index (χ3v) is 3.77. The molecule has 0 fully saturated rings. The van der Waals surface area contributed by atoms with Gasteiger partial charge in [0.25, 0.3) is 0 Å². The molecule has 0 saturated heterocycles. The number of para-hydroxylation sites is 1. The Morgan fingerprint density at radius 3 is 2.85 bits per heavy atom. The monoisotopic (exact) mass is 289 g/mol. The molecule has 0 radical (unpaired) electrons. The van der Waals surface area contributed by atoms with Crippen molar-refractivity contribution in [3.05, 3.63) is 47.0 Å². The molecular weight excluding hydrogens is 274 g/mol. The molecule has 0 spiro atoms. The molecule has 0 aromatic heterocycles. The number of fused-ring (bicyclic) bond motifs is 1. The van der Waals surface area contributed by atoms with Crippen molar-refractivity contribution in [3.8, 4) is 22.6 Å². The summed E-state index contributed by atoms with van der Waals surface area (Å²) in [7, 11) is 3.56. The molecule has 1 heterocycles. The van der Waals surface area contributed by atoms with E-state index < -0.39 is 0 Å². The van der Waals surface area contributed by atoms with Gasteiger partial charge < -0.3 is 9.47 Å². The van der Waals surface area contributed by atoms with E-state index in [1.54, 1.807) is 7.11 Å². The molecule has 4 heteroatoms. The van der Waals surface area contributed by atoms with Crippen molar-refractivity contribution in [2.24, 2.45) is 0 Å². The van der Waals surface area contributed by atoms with E-state index in [4.69, 9.17) is 21.1 Å². The van der Waals surface area contributed by atoms with Crippen LogP contribution in [0.15, 0.2) is 36.4 Å². The van der Waals surface area contributed by atoms with Crippen LogP contribution in [0.1, 0.15) is 5.56 Å². The summed E-state index contributed by atoms with van der Waals surface area (Å²) in [6.45, 7) is 0. The minimum Gasteiger partial charge on any atom is -0.496 e. The zero-order valence-electron chi connectivity index (χ0n) is 11.4. The zero-order valence-corrected chi connectivity index (χ0v) is 12.2. The highest BCUT2D eigenvalue weighted by Gasteiger charge is 2.25. The van der Waals surface area contributed by atoms with E-state index in [2.05, 4.69) is 11.4 Å². The predicted octanol–water partition coefficient (Wildman–Crippen LogP) is 3.50. The summed E-state index contributed by atoms with van der Waals surface area (Å²) < 4.78 is 11.4. The number of likely N-dealkylation sites (N-methyl/N-ethyl adjacent to an activating group) is 1. The van der Waals surface area contributed by atoms with Crippen molar-refractivity contribution >= 4 is 11.6 Å². The van der Waals surface area contributed by atoms with Gasteiger partial charge in [0.2, 0.25) is 0 Å². The number of benzene rings is 2. The van der Waals surface area contributed by atoms with Gasteiger partial charge >= 0.3 is 0 Å². The lowest BCUT2D eigenvalue weighted by Gasteiger charge is -2.14. The van der Waals surface area contributed by atoms with Gasteiger partial charge in [-0.05, 0) is 30.8 Å². The van der Waals surface area contributed by atoms with Crippen LogP contribution in [-0.4, -0.2) is 20.4 Å². The molecule has 3 rings (SSSR count). The summed E-state index contributed by atoms with van der Waals surface area (Å²) in [5.41, 5.74) is 3.16. The van der Waals surface area contributed by atoms with Crippen LogP contribution in [0.2, 0.25) is 5.02 Å². The molecule has 2 aromatic carbocycles. The Bertz CT molecular complexity index is 642. The molecule has 0 amide bonds. The molecular formula is C16H16ClNO2. The maximum atomic E-state index is 6.12. The van der Waals surface area contributed by atoms with Crippen molar-refractivity contribution in [2.45, 2.75) is 12.6 Å². The number of hydrogen-bond donors (Lipinski definition) is 1. The zero-order chi connectivity index (χ0) is 14.1. The van der Waals surface area contributed by atoms with Crippen LogP contribution in [-0.2, 0) is 6.42 Å². The molecule has 3 nitrogen and oxygen atoms in total. The van der Waals surface area contributed by atoms with Crippen LogP contribution in [0, 0.1) is 0 Å². The van der Waals surface area contributed by atoms with E-state index in [1.165, 1.54) is 5.56 Å². The van der Waals surface area contributed by atoms with E-state index in [-0.39, 0.29) is 6.23 Å². The number of hydrogen-bond acceptors (Lipinski definition) is 3. The second-order valence-electron chi connectivity index (χ2n) is 4.74. The first kappa shape index (κ1) is 13.3. The first-order valence-corrected chi connectivity index (χ1v) is 6.90. The lowest BCUT2D eigenvalue weighted by atomic mass is 10.0. The summed E-state index contributed by atoms with van der Waals surface area (Å²) >= 11 is 6.12. The quantitative estimate of drug-likeness (QED) is 0.938. The average Bonchev–Trinajstić information content (AvgIpc) is 2.90. The Balaban J connectivity index is 2.13. The molecule has 1 aliphatic heterocycles. The predicted molar refractivity (Wildman–Crippen MR) is 80.6 cm³/mol. The highest BCUT2D eigenvalue weighted by Crippen LogP contribution is 2.42. The molecule has 1 atom stereocenters. The van der Waals surface area contributed by atoms with Gasteiger partial charge in [-0.15, -0.1) is 0 Å². The number of ether oxygens (including phenoxy) is 2. The van der Waals surface area contributed by atoms with Crippen molar-refractivity contribution in [2.75, 3.05) is 14.2 Å². The number of rotatable bonds is 3. The normalized spacial score (nSPS) is 16.6. The Morgan fingerprint density at radius 1 is 1.25 bits per heavy atom. The van der Waals surface area contributed by atoms with Gasteiger partial charge in [-0.2, -0.15) is 0 Å². The lowest BCUT2D eigenvalue weighted by Crippen LogP contribution is -2.29. The second kappa shape index (κ2) is 5.35. The van der Waals surface area contributed by atoms with Gasteiger partial charge in [-0.25, -0.2) is 0 Å². The maximum Gasteiger partial charge on any atom is 0.154 e. The number of methoxy groups -OCH3 is 1. The molecule has 0 bridgehead atoms. The molecule has 1 aliphatic rings. The first-order valence-electron chi connectivity index (χ1n) is 6.52. The van der Waals surface area contributed by atoms with Gasteiger partial charge in [-0.1, -0.05) is 29.8 Å². The highest BCUT2D eigenvalue weighted by atomic mass is 35.5. The topological polar surface area (TPSA) is 30.5 Å². The second-order valence-corrected chi connectivity index (χ2v) is 5.17. The molecule has 0 aliphatic carbocycles. The highest BCUT2D eigenvalue weighted by molar-refractivity contribution is 6.31. The third-order valence-electron chi connectivity index (χ3n) is 3.54. The molecule has 2 aromatic rings. The van der Waals surface area contributed by atoms with Crippen LogP contribution in [0.3, 0.4) is 0 Å². The van der Waals surface area contributed by atoms with E-state index in [0.29, 0.717) is 5.02 Å². The summed E-state index contributed by atoms with van der Waals surface area (Å²) in [5.74, 6) is 1.70. The molecule has 20 heavy (non-hydrogen) atoms. The summed E-state index contributed by atoms with van der Waals surface area (Å²) in [5, 5.41) is 3.83. The van der Waals surface area contributed by atoms with Crippen molar-refractivity contribution in [3.63, 3.8) is 0 Å². The van der Waals surface area contributed by atoms with Gasteiger partial charge in [0.1, 0.15) is 11.5 Å². The fourth-order valence-corrected chi connectivity index (χ4v) is 2.70. The number of halogens is 1. The smallest absolute Gasteiger partial charge is 0.154 e. The Hall–Kier alpha value is -1.71. The third kappa shape index (κ3) is 2.23. The van der Waals surface area contributed by atoms with Crippen LogP contribution in [0.5, 0.6) is 11.5 Å². The van der Waals surface area contributed by atoms with Crippen LogP contribution in [0.4, 0.5) is 0 Å². The molecule has 1 unspecified atom stereocenters. The fraction of sp³-hybridized carbons (Fsp3) is 0.250. The molecule has 1 N–H and O–H groups in total. The van der Waals surface area contributed by atoms with E-state index in [1.807, 2.05) is 37.4 Å². The summed E-state index contributed by atoms with van der Waals surface area (Å²) in [4.78, 5) is 0. The van der Waals surface area contributed by atoms with Gasteiger partial charge in [0.05, 0.1) is 7.11 Å². The van der Waals surface area contributed by atoms with Crippen LogP contribution < -0.4 is 14.8 Å². The van der Waals surface area contributed by atoms with Gasteiger partial charge in [0.15, 0.2) is 6.23 Å². The minimum absolute atomic E-state index is 0.0244. The number of nitrogens with one attached hydrogen (secondary N) is 1. The largest absolute Gasteiger partial charge is 0.496 e. The maximum absolute atomic E-state index is 6.12. The van der Waals surface area contributed by atoms with Crippen LogP contribution in [0.25, 0.3) is 11.1 Å². The molecule has 0 saturated carbocycles. The van der Waals surface area contributed by atoms with Crippen molar-refractivity contribution in [1.82, 2.24) is 5.32 Å². The fourth-order valence-electron chi connectivity index (χ4n) is 2.53. The lowest BCUT2D eigenvalue weighted by molar-refractivity contribution is 0.204. The van der Waals surface area contributed by atoms with Gasteiger partial charge in [0, 0.05) is 22.6 Å². The minimum atomic E-state index is 0.0244. The van der Waals surface area contributed by atoms with Gasteiger partial charge in [-0.3, -0.25) is 5.32 Å². The SMILES string of the molecule is CNC1Cc2cccc(-c3cc(Cl)ccc3OC)c2O1.